The third-order valence-electron chi connectivity index (χ3n) is 3.39. The van der Waals surface area contributed by atoms with E-state index < -0.39 is 0 Å². The Morgan fingerprint density at radius 2 is 2.05 bits per heavy atom. The van der Waals surface area contributed by atoms with Crippen LogP contribution in [0.25, 0.3) is 0 Å². The number of hydrogen-bond donors (Lipinski definition) is 2. The van der Waals surface area contributed by atoms with E-state index in [1.54, 1.807) is 0 Å². The Morgan fingerprint density at radius 1 is 1.37 bits per heavy atom. The maximum Gasteiger partial charge on any atom is 0.234 e. The van der Waals surface area contributed by atoms with Crippen LogP contribution in [0.15, 0.2) is 24.3 Å². The predicted molar refractivity (Wildman–Crippen MR) is 77.0 cm³/mol. The molecule has 2 atom stereocenters. The summed E-state index contributed by atoms with van der Waals surface area (Å²) < 4.78 is 0. The molecule has 1 amide bonds. The van der Waals surface area contributed by atoms with Crippen LogP contribution in [-0.4, -0.2) is 36.5 Å². The van der Waals surface area contributed by atoms with Gasteiger partial charge in [-0.2, -0.15) is 0 Å². The molecule has 1 aromatic carbocycles. The van der Waals surface area contributed by atoms with E-state index in [1.807, 2.05) is 31.2 Å². The molecule has 4 nitrogen and oxygen atoms in total. The summed E-state index contributed by atoms with van der Waals surface area (Å²) in [5.41, 5.74) is 7.23. The van der Waals surface area contributed by atoms with Crippen LogP contribution in [0.1, 0.15) is 24.9 Å². The van der Waals surface area contributed by atoms with Gasteiger partial charge in [0.2, 0.25) is 5.91 Å². The van der Waals surface area contributed by atoms with Gasteiger partial charge in [0.25, 0.3) is 0 Å². The highest BCUT2D eigenvalue weighted by Gasteiger charge is 2.26. The zero-order valence-corrected chi connectivity index (χ0v) is 11.9. The summed E-state index contributed by atoms with van der Waals surface area (Å²) in [7, 11) is 0. The Bertz CT molecular complexity index is 433. The number of carbonyl (C=O) groups is 1. The molecule has 2 unspecified atom stereocenters. The number of amides is 1. The molecule has 5 heteroatoms. The molecule has 0 radical (unpaired) electrons. The van der Waals surface area contributed by atoms with Crippen molar-refractivity contribution < 1.29 is 4.79 Å². The molecule has 0 aromatic heterocycles. The summed E-state index contributed by atoms with van der Waals surface area (Å²) >= 11 is 5.92. The van der Waals surface area contributed by atoms with Gasteiger partial charge in [-0.25, -0.2) is 0 Å². The van der Waals surface area contributed by atoms with Crippen molar-refractivity contribution in [3.63, 3.8) is 0 Å². The molecular weight excluding hydrogens is 262 g/mol. The van der Waals surface area contributed by atoms with Crippen molar-refractivity contribution >= 4 is 17.5 Å². The molecule has 0 aliphatic carbocycles. The highest BCUT2D eigenvalue weighted by Crippen LogP contribution is 2.25. The fourth-order valence-corrected chi connectivity index (χ4v) is 2.70. The van der Waals surface area contributed by atoms with E-state index in [0.29, 0.717) is 11.6 Å². The number of rotatable bonds is 3. The van der Waals surface area contributed by atoms with Crippen molar-refractivity contribution in [3.8, 4) is 0 Å². The summed E-state index contributed by atoms with van der Waals surface area (Å²) in [6.45, 7) is 3.98. The summed E-state index contributed by atoms with van der Waals surface area (Å²) in [5, 5.41) is 3.60. The molecule has 1 heterocycles. The number of carbonyl (C=O) groups excluding carboxylic acids is 1. The summed E-state index contributed by atoms with van der Waals surface area (Å²) in [5.74, 6) is 0.0668. The van der Waals surface area contributed by atoms with E-state index in [4.69, 9.17) is 17.3 Å². The van der Waals surface area contributed by atoms with E-state index in [1.165, 1.54) is 0 Å². The molecule has 1 aliphatic heterocycles. The van der Waals surface area contributed by atoms with E-state index in [9.17, 15) is 4.79 Å². The molecule has 0 spiro atoms. The summed E-state index contributed by atoms with van der Waals surface area (Å²) in [6, 6.07) is 7.69. The van der Waals surface area contributed by atoms with Crippen LogP contribution < -0.4 is 11.1 Å². The Labute approximate surface area is 118 Å². The van der Waals surface area contributed by atoms with Gasteiger partial charge in [0.05, 0.1) is 12.6 Å². The van der Waals surface area contributed by atoms with E-state index >= 15 is 0 Å². The van der Waals surface area contributed by atoms with Crippen LogP contribution in [0.4, 0.5) is 0 Å². The number of nitrogens with zero attached hydrogens (tertiary/aromatic N) is 1. The lowest BCUT2D eigenvalue weighted by Crippen LogP contribution is -2.42. The van der Waals surface area contributed by atoms with Crippen LogP contribution in [-0.2, 0) is 4.79 Å². The number of hydrogen-bond acceptors (Lipinski definition) is 3. The van der Waals surface area contributed by atoms with Crippen molar-refractivity contribution in [2.75, 3.05) is 19.6 Å². The third kappa shape index (κ3) is 3.69. The topological polar surface area (TPSA) is 58.4 Å². The lowest BCUT2D eigenvalue weighted by atomic mass is 9.99. The molecule has 1 fully saturated rings. The molecule has 104 valence electrons. The van der Waals surface area contributed by atoms with Gasteiger partial charge in [-0.05, 0) is 31.0 Å². The normalized spacial score (nSPS) is 20.5. The van der Waals surface area contributed by atoms with Crippen LogP contribution in [0.2, 0.25) is 5.02 Å². The molecule has 19 heavy (non-hydrogen) atoms. The molecule has 2 rings (SSSR count). The van der Waals surface area contributed by atoms with Crippen molar-refractivity contribution in [1.82, 2.24) is 10.2 Å². The Balaban J connectivity index is 2.23. The third-order valence-corrected chi connectivity index (χ3v) is 3.65. The van der Waals surface area contributed by atoms with Crippen LogP contribution in [0.5, 0.6) is 0 Å². The minimum absolute atomic E-state index is 0.0427. The van der Waals surface area contributed by atoms with Crippen molar-refractivity contribution in [2.24, 2.45) is 5.73 Å². The Morgan fingerprint density at radius 3 is 2.68 bits per heavy atom. The zero-order chi connectivity index (χ0) is 13.8. The SMILES string of the molecule is CC(N)C(c1ccc(Cl)cc1)N1CCCNC(=O)C1. The first-order valence-corrected chi connectivity index (χ1v) is 6.97. The monoisotopic (exact) mass is 281 g/mol. The maximum atomic E-state index is 11.7. The molecule has 0 bridgehead atoms. The molecular formula is C14H20ClN3O. The number of nitrogens with two attached hydrogens (primary N) is 1. The smallest absolute Gasteiger partial charge is 0.234 e. The molecule has 1 aliphatic rings. The van der Waals surface area contributed by atoms with Gasteiger partial charge in [-0.15, -0.1) is 0 Å². The first-order chi connectivity index (χ1) is 9.08. The molecule has 1 aromatic rings. The highest BCUT2D eigenvalue weighted by molar-refractivity contribution is 6.30. The predicted octanol–water partition coefficient (Wildman–Crippen LogP) is 1.55. The zero-order valence-electron chi connectivity index (χ0n) is 11.1. The van der Waals surface area contributed by atoms with Crippen molar-refractivity contribution in [1.29, 1.82) is 0 Å². The van der Waals surface area contributed by atoms with Gasteiger partial charge < -0.3 is 11.1 Å². The average molecular weight is 282 g/mol. The second-order valence-corrected chi connectivity index (χ2v) is 5.47. The lowest BCUT2D eigenvalue weighted by Gasteiger charge is -2.33. The largest absolute Gasteiger partial charge is 0.355 e. The van der Waals surface area contributed by atoms with Crippen LogP contribution in [0.3, 0.4) is 0 Å². The summed E-state index contributed by atoms with van der Waals surface area (Å²) in [4.78, 5) is 13.8. The second kappa shape index (κ2) is 6.37. The minimum Gasteiger partial charge on any atom is -0.355 e. The van der Waals surface area contributed by atoms with Crippen molar-refractivity contribution in [2.45, 2.75) is 25.4 Å². The van der Waals surface area contributed by atoms with Gasteiger partial charge in [-0.1, -0.05) is 23.7 Å². The summed E-state index contributed by atoms with van der Waals surface area (Å²) in [6.07, 6.45) is 0.947. The van der Waals surface area contributed by atoms with Gasteiger partial charge in [0.1, 0.15) is 0 Å². The quantitative estimate of drug-likeness (QED) is 0.884. The lowest BCUT2D eigenvalue weighted by molar-refractivity contribution is -0.122. The standard InChI is InChI=1S/C14H20ClN3O/c1-10(16)14(11-3-5-12(15)6-4-11)18-8-2-7-17-13(19)9-18/h3-6,10,14H,2,7-9,16H2,1H3,(H,17,19). The van der Waals surface area contributed by atoms with Crippen LogP contribution in [0, 0.1) is 0 Å². The molecule has 0 saturated carbocycles. The number of nitrogens with one attached hydrogen (secondary N) is 1. The number of halogens is 1. The van der Waals surface area contributed by atoms with E-state index in [2.05, 4.69) is 10.2 Å². The fraction of sp³-hybridized carbons (Fsp3) is 0.500. The van der Waals surface area contributed by atoms with E-state index in [0.717, 1.165) is 25.1 Å². The molecule has 3 N–H and O–H groups in total. The van der Waals surface area contributed by atoms with Crippen LogP contribution >= 0.6 is 11.6 Å². The van der Waals surface area contributed by atoms with Gasteiger partial charge in [0, 0.05) is 24.2 Å². The average Bonchev–Trinajstić information content (AvgIpc) is 2.56. The fourth-order valence-electron chi connectivity index (χ4n) is 2.57. The minimum atomic E-state index is -0.0490. The Hall–Kier alpha value is -1.10. The highest BCUT2D eigenvalue weighted by atomic mass is 35.5. The van der Waals surface area contributed by atoms with Gasteiger partial charge in [-0.3, -0.25) is 9.69 Å². The van der Waals surface area contributed by atoms with Crippen molar-refractivity contribution in [3.05, 3.63) is 34.9 Å². The first kappa shape index (κ1) is 14.3. The number of benzene rings is 1. The van der Waals surface area contributed by atoms with Gasteiger partial charge >= 0.3 is 0 Å². The van der Waals surface area contributed by atoms with Gasteiger partial charge in [0.15, 0.2) is 0 Å². The van der Waals surface area contributed by atoms with E-state index in [-0.39, 0.29) is 18.0 Å². The Kier molecular flexibility index (Phi) is 4.80. The second-order valence-electron chi connectivity index (χ2n) is 5.03. The first-order valence-electron chi connectivity index (χ1n) is 6.59. The molecule has 1 saturated heterocycles. The maximum absolute atomic E-state index is 11.7.